The van der Waals surface area contributed by atoms with E-state index in [0.29, 0.717) is 18.0 Å². The summed E-state index contributed by atoms with van der Waals surface area (Å²) in [6.45, 7) is 3.87. The van der Waals surface area contributed by atoms with Crippen LogP contribution in [0.1, 0.15) is 38.7 Å². The number of unbranched alkanes of at least 4 members (excludes halogenated alkanes) is 1. The van der Waals surface area contributed by atoms with Gasteiger partial charge < -0.3 is 15.0 Å². The Morgan fingerprint density at radius 1 is 1.06 bits per heavy atom. The molecule has 1 unspecified atom stereocenters. The van der Waals surface area contributed by atoms with Gasteiger partial charge in [0.1, 0.15) is 18.3 Å². The van der Waals surface area contributed by atoms with Crippen LogP contribution in [0.2, 0.25) is 10.0 Å². The molecule has 0 radical (unpaired) electrons. The van der Waals surface area contributed by atoms with E-state index < -0.39 is 28.5 Å². The Kier molecular flexibility index (Phi) is 11.3. The molecule has 2 rings (SSSR count). The van der Waals surface area contributed by atoms with Crippen LogP contribution in [0, 0.1) is 0 Å². The molecular weight excluding hydrogens is 525 g/mol. The molecule has 36 heavy (non-hydrogen) atoms. The van der Waals surface area contributed by atoms with Crippen molar-refractivity contribution in [3.8, 4) is 5.75 Å². The highest BCUT2D eigenvalue weighted by atomic mass is 35.5. The molecule has 11 heteroatoms. The normalized spacial score (nSPS) is 12.1. The molecule has 0 aliphatic heterocycles. The Bertz CT molecular complexity index is 1140. The van der Waals surface area contributed by atoms with Gasteiger partial charge in [0.15, 0.2) is 0 Å². The minimum Gasteiger partial charge on any atom is -0.495 e. The Balaban J connectivity index is 2.46. The number of nitrogens with one attached hydrogen (secondary N) is 1. The summed E-state index contributed by atoms with van der Waals surface area (Å²) in [5.41, 5.74) is 0.881. The number of halogens is 2. The van der Waals surface area contributed by atoms with Crippen molar-refractivity contribution in [2.45, 2.75) is 45.7 Å². The largest absolute Gasteiger partial charge is 0.495 e. The maximum Gasteiger partial charge on any atom is 0.244 e. The van der Waals surface area contributed by atoms with Gasteiger partial charge in [0.2, 0.25) is 21.8 Å². The summed E-state index contributed by atoms with van der Waals surface area (Å²) in [5.74, 6) is -0.597. The number of nitrogens with zero attached hydrogens (tertiary/aromatic N) is 2. The van der Waals surface area contributed by atoms with Crippen LogP contribution in [0.25, 0.3) is 0 Å². The SMILES string of the molecule is CCCCNC(=O)C(CC)N(Cc1ccc(Cl)cc1)C(=O)CN(c1cc(Cl)ccc1OC)S(C)(=O)=O. The quantitative estimate of drug-likeness (QED) is 0.366. The summed E-state index contributed by atoms with van der Waals surface area (Å²) < 4.78 is 31.8. The van der Waals surface area contributed by atoms with E-state index in [1.807, 2.05) is 6.92 Å². The molecule has 8 nitrogen and oxygen atoms in total. The molecule has 0 fully saturated rings. The van der Waals surface area contributed by atoms with E-state index in [1.54, 1.807) is 37.3 Å². The average Bonchev–Trinajstić information content (AvgIpc) is 2.83. The summed E-state index contributed by atoms with van der Waals surface area (Å²) in [4.78, 5) is 28.1. The first kappa shape index (κ1) is 29.7. The average molecular weight is 559 g/mol. The third-order valence-electron chi connectivity index (χ3n) is 5.57. The van der Waals surface area contributed by atoms with Crippen LogP contribution in [0.4, 0.5) is 5.69 Å². The van der Waals surface area contributed by atoms with Gasteiger partial charge in [-0.05, 0) is 48.7 Å². The van der Waals surface area contributed by atoms with Crippen molar-refractivity contribution in [1.29, 1.82) is 0 Å². The van der Waals surface area contributed by atoms with Crippen molar-refractivity contribution < 1.29 is 22.7 Å². The van der Waals surface area contributed by atoms with Gasteiger partial charge in [-0.15, -0.1) is 0 Å². The highest BCUT2D eigenvalue weighted by molar-refractivity contribution is 7.92. The van der Waals surface area contributed by atoms with Crippen molar-refractivity contribution in [3.05, 3.63) is 58.1 Å². The van der Waals surface area contributed by atoms with Gasteiger partial charge in [-0.2, -0.15) is 0 Å². The van der Waals surface area contributed by atoms with Crippen LogP contribution in [0.5, 0.6) is 5.75 Å². The molecular formula is C25H33Cl2N3O5S. The van der Waals surface area contributed by atoms with Gasteiger partial charge in [-0.1, -0.05) is 55.6 Å². The van der Waals surface area contributed by atoms with E-state index in [1.165, 1.54) is 24.1 Å². The van der Waals surface area contributed by atoms with Gasteiger partial charge in [-0.25, -0.2) is 8.42 Å². The highest BCUT2D eigenvalue weighted by Crippen LogP contribution is 2.33. The molecule has 0 spiro atoms. The molecule has 198 valence electrons. The van der Waals surface area contributed by atoms with Crippen molar-refractivity contribution in [1.82, 2.24) is 10.2 Å². The highest BCUT2D eigenvalue weighted by Gasteiger charge is 2.32. The fourth-order valence-electron chi connectivity index (χ4n) is 3.66. The maximum absolute atomic E-state index is 13.7. The fourth-order valence-corrected chi connectivity index (χ4v) is 4.80. The van der Waals surface area contributed by atoms with Gasteiger partial charge in [0.05, 0.1) is 19.1 Å². The lowest BCUT2D eigenvalue weighted by molar-refractivity contribution is -0.140. The summed E-state index contributed by atoms with van der Waals surface area (Å²) >= 11 is 12.1. The number of carbonyl (C=O) groups is 2. The number of benzene rings is 2. The first-order valence-corrected chi connectivity index (χ1v) is 14.2. The van der Waals surface area contributed by atoms with Crippen molar-refractivity contribution in [3.63, 3.8) is 0 Å². The lowest BCUT2D eigenvalue weighted by Gasteiger charge is -2.33. The molecule has 0 saturated heterocycles. The van der Waals surface area contributed by atoms with Crippen LogP contribution >= 0.6 is 23.2 Å². The van der Waals surface area contributed by atoms with E-state index in [-0.39, 0.29) is 28.9 Å². The van der Waals surface area contributed by atoms with E-state index in [4.69, 9.17) is 27.9 Å². The van der Waals surface area contributed by atoms with Crippen molar-refractivity contribution >= 4 is 50.7 Å². The number of rotatable bonds is 13. The molecule has 1 N–H and O–H groups in total. The number of hydrogen-bond acceptors (Lipinski definition) is 5. The van der Waals surface area contributed by atoms with E-state index in [9.17, 15) is 18.0 Å². The van der Waals surface area contributed by atoms with Gasteiger partial charge in [0.25, 0.3) is 0 Å². The lowest BCUT2D eigenvalue weighted by atomic mass is 10.1. The number of hydrogen-bond donors (Lipinski definition) is 1. The third-order valence-corrected chi connectivity index (χ3v) is 7.18. The second-order valence-electron chi connectivity index (χ2n) is 8.30. The van der Waals surface area contributed by atoms with E-state index in [0.717, 1.165) is 29.0 Å². The number of carbonyl (C=O) groups excluding carboxylic acids is 2. The molecule has 0 saturated carbocycles. The van der Waals surface area contributed by atoms with Crippen LogP contribution in [0.15, 0.2) is 42.5 Å². The van der Waals surface area contributed by atoms with Crippen molar-refractivity contribution in [2.75, 3.05) is 30.8 Å². The van der Waals surface area contributed by atoms with Gasteiger partial charge >= 0.3 is 0 Å². The van der Waals surface area contributed by atoms with E-state index in [2.05, 4.69) is 5.32 Å². The summed E-state index contributed by atoms with van der Waals surface area (Å²) in [7, 11) is -2.52. The van der Waals surface area contributed by atoms with Gasteiger partial charge in [0, 0.05) is 23.1 Å². The number of amides is 2. The summed E-state index contributed by atoms with van der Waals surface area (Å²) in [5, 5.41) is 3.71. The van der Waals surface area contributed by atoms with Gasteiger partial charge in [-0.3, -0.25) is 13.9 Å². The van der Waals surface area contributed by atoms with Crippen LogP contribution in [0.3, 0.4) is 0 Å². The molecule has 2 aromatic rings. The fraction of sp³-hybridized carbons (Fsp3) is 0.440. The molecule has 0 aliphatic carbocycles. The maximum atomic E-state index is 13.7. The Labute approximate surface area is 223 Å². The molecule has 0 heterocycles. The molecule has 0 aromatic heterocycles. The number of sulfonamides is 1. The molecule has 2 amide bonds. The molecule has 0 aliphatic rings. The zero-order chi connectivity index (χ0) is 26.9. The minimum atomic E-state index is -3.92. The topological polar surface area (TPSA) is 96.0 Å². The Morgan fingerprint density at radius 3 is 2.25 bits per heavy atom. The molecule has 1 atom stereocenters. The minimum absolute atomic E-state index is 0.0972. The number of ether oxygens (including phenoxy) is 1. The number of methoxy groups -OCH3 is 1. The molecule has 2 aromatic carbocycles. The van der Waals surface area contributed by atoms with E-state index >= 15 is 0 Å². The Morgan fingerprint density at radius 2 is 1.69 bits per heavy atom. The second-order valence-corrected chi connectivity index (χ2v) is 11.1. The first-order valence-electron chi connectivity index (χ1n) is 11.6. The molecule has 0 bridgehead atoms. The summed E-state index contributed by atoms with van der Waals surface area (Å²) in [6, 6.07) is 10.6. The lowest BCUT2D eigenvalue weighted by Crippen LogP contribution is -2.52. The smallest absolute Gasteiger partial charge is 0.244 e. The van der Waals surface area contributed by atoms with Crippen molar-refractivity contribution in [2.24, 2.45) is 0 Å². The van der Waals surface area contributed by atoms with Crippen LogP contribution in [-0.2, 0) is 26.2 Å². The first-order chi connectivity index (χ1) is 17.0. The zero-order valence-electron chi connectivity index (χ0n) is 21.0. The zero-order valence-corrected chi connectivity index (χ0v) is 23.3. The summed E-state index contributed by atoms with van der Waals surface area (Å²) in [6.07, 6.45) is 3.06. The predicted octanol–water partition coefficient (Wildman–Crippen LogP) is 4.49. The Hall–Kier alpha value is -2.49. The standard InChI is InChI=1S/C25H33Cl2N3O5S/c1-5-7-14-28-25(32)21(6-2)29(16-18-8-10-19(26)11-9-18)24(31)17-30(36(4,33)34)22-15-20(27)12-13-23(22)35-3/h8-13,15,21H,5-7,14,16-17H2,1-4H3,(H,28,32). The second kappa shape index (κ2) is 13.7. The van der Waals surface area contributed by atoms with Crippen LogP contribution in [-0.4, -0.2) is 57.6 Å². The van der Waals surface area contributed by atoms with Crippen LogP contribution < -0.4 is 14.4 Å². The number of anilines is 1. The third kappa shape index (κ3) is 8.28. The predicted molar refractivity (Wildman–Crippen MR) is 144 cm³/mol. The monoisotopic (exact) mass is 557 g/mol.